The largest absolute Gasteiger partial charge is 0.395 e. The van der Waals surface area contributed by atoms with Crippen molar-refractivity contribution in [2.45, 2.75) is 49.8 Å². The van der Waals surface area contributed by atoms with E-state index in [1.165, 1.54) is 0 Å². The summed E-state index contributed by atoms with van der Waals surface area (Å²) in [6, 6.07) is 6.59. The average Bonchev–Trinajstić information content (AvgIpc) is 3.20. The molecule has 0 saturated carbocycles. The van der Waals surface area contributed by atoms with E-state index >= 15 is 0 Å². The van der Waals surface area contributed by atoms with Crippen LogP contribution in [-0.4, -0.2) is 35.5 Å². The lowest BCUT2D eigenvalue weighted by molar-refractivity contribution is -0.197. The third-order valence-electron chi connectivity index (χ3n) is 5.46. The first-order chi connectivity index (χ1) is 11.4. The van der Waals surface area contributed by atoms with E-state index in [1.807, 2.05) is 12.1 Å². The number of ether oxygens (including phenoxy) is 1. The predicted octanol–water partition coefficient (Wildman–Crippen LogP) is 2.12. The smallest absolute Gasteiger partial charge is 0.390 e. The number of amides is 1. The summed E-state index contributed by atoms with van der Waals surface area (Å²) in [5, 5.41) is 12.8. The van der Waals surface area contributed by atoms with Gasteiger partial charge in [-0.15, -0.1) is 0 Å². The summed E-state index contributed by atoms with van der Waals surface area (Å²) >= 11 is 0. The normalized spacial score (nSPS) is 37.5. The third-order valence-corrected chi connectivity index (χ3v) is 5.46. The fraction of sp³-hybridized carbons (Fsp3) is 0.588. The number of hydrogen-bond acceptors (Lipinski definition) is 3. The Hall–Kier alpha value is -1.60. The van der Waals surface area contributed by atoms with Gasteiger partial charge < -0.3 is 15.2 Å². The van der Waals surface area contributed by atoms with Crippen LogP contribution in [0, 0.1) is 11.8 Å². The van der Waals surface area contributed by atoms with Gasteiger partial charge in [-0.1, -0.05) is 24.3 Å². The first-order valence-corrected chi connectivity index (χ1v) is 8.14. The maximum atomic E-state index is 13.3. The second kappa shape index (κ2) is 5.46. The topological polar surface area (TPSA) is 58.6 Å². The van der Waals surface area contributed by atoms with Crippen molar-refractivity contribution in [2.24, 2.45) is 11.8 Å². The number of nitrogens with one attached hydrogen (secondary N) is 1. The molecule has 2 aliphatic heterocycles. The summed E-state index contributed by atoms with van der Waals surface area (Å²) < 4.78 is 45.4. The summed E-state index contributed by atoms with van der Waals surface area (Å²) in [7, 11) is 0. The summed E-state index contributed by atoms with van der Waals surface area (Å²) in [4.78, 5) is 12.6. The van der Waals surface area contributed by atoms with Gasteiger partial charge in [-0.3, -0.25) is 4.79 Å². The van der Waals surface area contributed by atoms with E-state index in [-0.39, 0.29) is 0 Å². The molecule has 0 spiro atoms. The molecule has 6 atom stereocenters. The van der Waals surface area contributed by atoms with Gasteiger partial charge in [0.15, 0.2) is 0 Å². The Morgan fingerprint density at radius 3 is 2.67 bits per heavy atom. The minimum absolute atomic E-state index is 0.341. The standard InChI is InChI=1S/C17H18F3NO3/c18-17(19,20)14-12-6-5-11(24-12)13(14)16(23)21-15-9-4-2-1-3-8(9)7-10(15)22/h1-4,10-15,22H,5-7H2,(H,21,23)/t10-,11?,12?,13?,14?,15+/m0/s1. The van der Waals surface area contributed by atoms with E-state index in [0.29, 0.717) is 19.3 Å². The summed E-state index contributed by atoms with van der Waals surface area (Å²) in [6.45, 7) is 0. The summed E-state index contributed by atoms with van der Waals surface area (Å²) in [5.41, 5.74) is 1.68. The third kappa shape index (κ3) is 2.41. The molecular formula is C17H18F3NO3. The molecule has 7 heteroatoms. The fourth-order valence-electron chi connectivity index (χ4n) is 4.42. The van der Waals surface area contributed by atoms with Crippen LogP contribution in [0.2, 0.25) is 0 Å². The number of benzene rings is 1. The Labute approximate surface area is 137 Å². The van der Waals surface area contributed by atoms with Gasteiger partial charge in [-0.2, -0.15) is 13.2 Å². The van der Waals surface area contributed by atoms with Gasteiger partial charge in [0.05, 0.1) is 36.2 Å². The second-order valence-electron chi connectivity index (χ2n) is 6.84. The van der Waals surface area contributed by atoms with Crippen molar-refractivity contribution < 1.29 is 27.8 Å². The Balaban J connectivity index is 1.56. The van der Waals surface area contributed by atoms with Crippen LogP contribution >= 0.6 is 0 Å². The summed E-state index contributed by atoms with van der Waals surface area (Å²) in [5.74, 6) is -3.67. The number of hydrogen-bond donors (Lipinski definition) is 2. The molecule has 4 rings (SSSR count). The molecule has 24 heavy (non-hydrogen) atoms. The van der Waals surface area contributed by atoms with E-state index < -0.39 is 48.3 Å². The van der Waals surface area contributed by atoms with Gasteiger partial charge in [0.2, 0.25) is 5.91 Å². The molecule has 2 bridgehead atoms. The van der Waals surface area contributed by atoms with Crippen molar-refractivity contribution in [2.75, 3.05) is 0 Å². The highest BCUT2D eigenvalue weighted by atomic mass is 19.4. The van der Waals surface area contributed by atoms with E-state index in [0.717, 1.165) is 11.1 Å². The SMILES string of the molecule is O=C(N[C@@H]1c2ccccc2C[C@@H]1O)C1C2CCC(O2)C1C(F)(F)F. The molecule has 1 aliphatic carbocycles. The minimum Gasteiger partial charge on any atom is -0.390 e. The molecule has 0 radical (unpaired) electrons. The van der Waals surface area contributed by atoms with Gasteiger partial charge in [0.1, 0.15) is 0 Å². The van der Waals surface area contributed by atoms with E-state index in [9.17, 15) is 23.1 Å². The first-order valence-electron chi connectivity index (χ1n) is 8.14. The molecule has 3 aliphatic rings. The first kappa shape index (κ1) is 15.9. The molecule has 130 valence electrons. The molecule has 4 nitrogen and oxygen atoms in total. The van der Waals surface area contributed by atoms with Crippen LogP contribution in [0.15, 0.2) is 24.3 Å². The highest BCUT2D eigenvalue weighted by molar-refractivity contribution is 5.81. The van der Waals surface area contributed by atoms with Crippen LogP contribution in [0.5, 0.6) is 0 Å². The Bertz CT molecular complexity index is 663. The van der Waals surface area contributed by atoms with Gasteiger partial charge >= 0.3 is 6.18 Å². The van der Waals surface area contributed by atoms with Crippen molar-refractivity contribution in [3.05, 3.63) is 35.4 Å². The molecule has 4 unspecified atom stereocenters. The lowest BCUT2D eigenvalue weighted by Crippen LogP contribution is -2.48. The molecular weight excluding hydrogens is 323 g/mol. The number of fused-ring (bicyclic) bond motifs is 3. The average molecular weight is 341 g/mol. The van der Waals surface area contributed by atoms with Crippen molar-refractivity contribution in [3.63, 3.8) is 0 Å². The molecule has 0 aromatic heterocycles. The highest BCUT2D eigenvalue weighted by Crippen LogP contribution is 2.50. The molecule has 2 fully saturated rings. The minimum atomic E-state index is -4.46. The van der Waals surface area contributed by atoms with Crippen LogP contribution < -0.4 is 5.32 Å². The fourth-order valence-corrected chi connectivity index (χ4v) is 4.42. The molecule has 1 aromatic carbocycles. The second-order valence-corrected chi connectivity index (χ2v) is 6.84. The molecule has 2 saturated heterocycles. The van der Waals surface area contributed by atoms with Crippen LogP contribution in [-0.2, 0) is 16.0 Å². The number of carbonyl (C=O) groups is 1. The Morgan fingerprint density at radius 1 is 1.21 bits per heavy atom. The summed E-state index contributed by atoms with van der Waals surface area (Å²) in [6.07, 6.45) is -5.70. The van der Waals surface area contributed by atoms with Crippen molar-refractivity contribution in [1.29, 1.82) is 0 Å². The zero-order chi connectivity index (χ0) is 17.1. The number of aliphatic hydroxyl groups is 1. The predicted molar refractivity (Wildman–Crippen MR) is 78.0 cm³/mol. The number of rotatable bonds is 2. The van der Waals surface area contributed by atoms with Crippen LogP contribution in [0.3, 0.4) is 0 Å². The number of carbonyl (C=O) groups excluding carboxylic acids is 1. The van der Waals surface area contributed by atoms with Gasteiger partial charge in [-0.25, -0.2) is 0 Å². The van der Waals surface area contributed by atoms with E-state index in [4.69, 9.17) is 4.74 Å². The van der Waals surface area contributed by atoms with Crippen LogP contribution in [0.25, 0.3) is 0 Å². The lowest BCUT2D eigenvalue weighted by Gasteiger charge is -2.30. The van der Waals surface area contributed by atoms with Gasteiger partial charge in [0.25, 0.3) is 0 Å². The maximum Gasteiger partial charge on any atom is 0.395 e. The molecule has 2 heterocycles. The van der Waals surface area contributed by atoms with Crippen molar-refractivity contribution in [3.8, 4) is 0 Å². The van der Waals surface area contributed by atoms with Crippen molar-refractivity contribution >= 4 is 5.91 Å². The van der Waals surface area contributed by atoms with Gasteiger partial charge in [-0.05, 0) is 24.0 Å². The zero-order valence-corrected chi connectivity index (χ0v) is 12.8. The number of aliphatic hydroxyl groups excluding tert-OH is 1. The Kier molecular flexibility index (Phi) is 3.61. The monoisotopic (exact) mass is 341 g/mol. The van der Waals surface area contributed by atoms with Gasteiger partial charge in [0, 0.05) is 6.42 Å². The van der Waals surface area contributed by atoms with Crippen LogP contribution in [0.4, 0.5) is 13.2 Å². The highest BCUT2D eigenvalue weighted by Gasteiger charge is 2.62. The zero-order valence-electron chi connectivity index (χ0n) is 12.8. The number of halogens is 3. The lowest BCUT2D eigenvalue weighted by atomic mass is 9.78. The number of alkyl halides is 3. The molecule has 1 amide bonds. The maximum absolute atomic E-state index is 13.3. The van der Waals surface area contributed by atoms with Crippen LogP contribution in [0.1, 0.15) is 30.0 Å². The van der Waals surface area contributed by atoms with E-state index in [2.05, 4.69) is 5.32 Å². The quantitative estimate of drug-likeness (QED) is 0.866. The van der Waals surface area contributed by atoms with E-state index in [1.54, 1.807) is 12.1 Å². The Morgan fingerprint density at radius 2 is 1.92 bits per heavy atom. The molecule has 2 N–H and O–H groups in total. The molecule has 1 aromatic rings. The van der Waals surface area contributed by atoms with Crippen molar-refractivity contribution in [1.82, 2.24) is 5.32 Å².